The lowest BCUT2D eigenvalue weighted by atomic mass is 10.1. The van der Waals surface area contributed by atoms with E-state index in [1.807, 2.05) is 0 Å². The standard InChI is InChI=1S/C9H10NO2/c1-12-9(11)8-5-3-2-4-7(8)6-10/h2,4-5H,6,10H2,1H3. The van der Waals surface area contributed by atoms with Crippen molar-refractivity contribution in [3.63, 3.8) is 0 Å². The second-order valence-electron chi connectivity index (χ2n) is 2.28. The van der Waals surface area contributed by atoms with Gasteiger partial charge in [0.05, 0.1) is 12.7 Å². The molecule has 63 valence electrons. The molecular formula is C9H10NO2. The summed E-state index contributed by atoms with van der Waals surface area (Å²) >= 11 is 0. The molecule has 1 radical (unpaired) electrons. The molecule has 0 atom stereocenters. The first-order chi connectivity index (χ1) is 5.79. The van der Waals surface area contributed by atoms with Crippen molar-refractivity contribution in [3.05, 3.63) is 35.4 Å². The van der Waals surface area contributed by atoms with Gasteiger partial charge in [0, 0.05) is 6.54 Å². The molecule has 0 fully saturated rings. The van der Waals surface area contributed by atoms with Crippen LogP contribution in [0.4, 0.5) is 0 Å². The summed E-state index contributed by atoms with van der Waals surface area (Å²) in [6, 6.07) is 7.85. The van der Waals surface area contributed by atoms with Gasteiger partial charge in [-0.1, -0.05) is 12.1 Å². The van der Waals surface area contributed by atoms with Crippen LogP contribution in [0.5, 0.6) is 0 Å². The smallest absolute Gasteiger partial charge is 0.338 e. The van der Waals surface area contributed by atoms with Gasteiger partial charge in [-0.15, -0.1) is 0 Å². The summed E-state index contributed by atoms with van der Waals surface area (Å²) in [7, 11) is 1.34. The molecule has 0 aliphatic carbocycles. The third kappa shape index (κ3) is 1.62. The third-order valence-corrected chi connectivity index (χ3v) is 1.58. The van der Waals surface area contributed by atoms with Gasteiger partial charge in [-0.05, 0) is 17.7 Å². The lowest BCUT2D eigenvalue weighted by Gasteiger charge is -2.03. The maximum absolute atomic E-state index is 11.1. The minimum absolute atomic E-state index is 0.332. The Morgan fingerprint density at radius 2 is 2.50 bits per heavy atom. The topological polar surface area (TPSA) is 52.3 Å². The molecular weight excluding hydrogens is 154 g/mol. The van der Waals surface area contributed by atoms with Crippen LogP contribution in [-0.2, 0) is 11.3 Å². The van der Waals surface area contributed by atoms with Crippen LogP contribution in [0.1, 0.15) is 15.9 Å². The van der Waals surface area contributed by atoms with E-state index in [1.165, 1.54) is 7.11 Å². The summed E-state index contributed by atoms with van der Waals surface area (Å²) in [5.74, 6) is -0.368. The molecule has 0 saturated carbocycles. The molecule has 1 aromatic rings. The van der Waals surface area contributed by atoms with Crippen LogP contribution < -0.4 is 5.73 Å². The van der Waals surface area contributed by atoms with E-state index in [-0.39, 0.29) is 5.97 Å². The highest BCUT2D eigenvalue weighted by Crippen LogP contribution is 2.08. The van der Waals surface area contributed by atoms with E-state index in [1.54, 1.807) is 18.2 Å². The van der Waals surface area contributed by atoms with Crippen molar-refractivity contribution in [2.75, 3.05) is 7.11 Å². The number of rotatable bonds is 2. The fourth-order valence-corrected chi connectivity index (χ4v) is 0.941. The van der Waals surface area contributed by atoms with Crippen LogP contribution in [0.15, 0.2) is 18.2 Å². The van der Waals surface area contributed by atoms with Crippen molar-refractivity contribution in [2.45, 2.75) is 6.54 Å². The molecule has 1 rings (SSSR count). The number of ether oxygens (including phenoxy) is 1. The number of nitrogens with two attached hydrogens (primary N) is 1. The molecule has 0 heterocycles. The number of carbonyl (C=O) groups is 1. The van der Waals surface area contributed by atoms with Gasteiger partial charge in [-0.25, -0.2) is 4.79 Å². The maximum atomic E-state index is 11.1. The Morgan fingerprint density at radius 3 is 3.08 bits per heavy atom. The second kappa shape index (κ2) is 3.88. The van der Waals surface area contributed by atoms with E-state index in [2.05, 4.69) is 10.8 Å². The minimum Gasteiger partial charge on any atom is -0.465 e. The monoisotopic (exact) mass is 164 g/mol. The van der Waals surface area contributed by atoms with Gasteiger partial charge in [0.1, 0.15) is 0 Å². The number of hydrogen-bond donors (Lipinski definition) is 1. The highest BCUT2D eigenvalue weighted by Gasteiger charge is 2.08. The number of esters is 1. The van der Waals surface area contributed by atoms with E-state index in [0.29, 0.717) is 12.1 Å². The summed E-state index contributed by atoms with van der Waals surface area (Å²) in [4.78, 5) is 11.1. The Morgan fingerprint density at radius 1 is 1.75 bits per heavy atom. The Balaban J connectivity index is 3.04. The zero-order valence-electron chi connectivity index (χ0n) is 6.83. The summed E-state index contributed by atoms with van der Waals surface area (Å²) in [5, 5.41) is 0. The molecule has 2 N–H and O–H groups in total. The summed E-state index contributed by atoms with van der Waals surface area (Å²) in [6.07, 6.45) is 0. The number of hydrogen-bond acceptors (Lipinski definition) is 3. The molecule has 0 unspecified atom stereocenters. The predicted octanol–water partition coefficient (Wildman–Crippen LogP) is 0.732. The van der Waals surface area contributed by atoms with Crippen molar-refractivity contribution in [1.82, 2.24) is 0 Å². The van der Waals surface area contributed by atoms with Crippen molar-refractivity contribution < 1.29 is 9.53 Å². The van der Waals surface area contributed by atoms with E-state index in [0.717, 1.165) is 5.56 Å². The van der Waals surface area contributed by atoms with Gasteiger partial charge in [-0.2, -0.15) is 0 Å². The highest BCUT2D eigenvalue weighted by atomic mass is 16.5. The van der Waals surface area contributed by atoms with E-state index in [9.17, 15) is 4.79 Å². The Kier molecular flexibility index (Phi) is 2.82. The maximum Gasteiger partial charge on any atom is 0.338 e. The zero-order chi connectivity index (χ0) is 8.97. The van der Waals surface area contributed by atoms with Crippen molar-refractivity contribution in [1.29, 1.82) is 0 Å². The Bertz CT molecular complexity index is 284. The van der Waals surface area contributed by atoms with Crippen LogP contribution in [-0.4, -0.2) is 13.1 Å². The highest BCUT2D eigenvalue weighted by molar-refractivity contribution is 5.90. The van der Waals surface area contributed by atoms with Crippen LogP contribution in [0.3, 0.4) is 0 Å². The SMILES string of the molecule is COC(=O)c1c[c]ccc1CN. The fourth-order valence-electron chi connectivity index (χ4n) is 0.941. The van der Waals surface area contributed by atoms with Crippen LogP contribution >= 0.6 is 0 Å². The molecule has 0 amide bonds. The molecule has 0 aliphatic rings. The van der Waals surface area contributed by atoms with Crippen molar-refractivity contribution >= 4 is 5.97 Å². The van der Waals surface area contributed by atoms with Gasteiger partial charge < -0.3 is 10.5 Å². The average molecular weight is 164 g/mol. The van der Waals surface area contributed by atoms with Crippen molar-refractivity contribution in [2.24, 2.45) is 5.73 Å². The zero-order valence-corrected chi connectivity index (χ0v) is 6.83. The molecule has 12 heavy (non-hydrogen) atoms. The van der Waals surface area contributed by atoms with Crippen LogP contribution in [0.2, 0.25) is 0 Å². The summed E-state index contributed by atoms with van der Waals surface area (Å²) in [5.41, 5.74) is 6.69. The van der Waals surface area contributed by atoms with Crippen LogP contribution in [0, 0.1) is 6.07 Å². The minimum atomic E-state index is -0.368. The fraction of sp³-hybridized carbons (Fsp3) is 0.222. The molecule has 0 spiro atoms. The number of benzene rings is 1. The van der Waals surface area contributed by atoms with E-state index >= 15 is 0 Å². The first kappa shape index (κ1) is 8.74. The van der Waals surface area contributed by atoms with Gasteiger partial charge in [-0.3, -0.25) is 0 Å². The molecule has 3 heteroatoms. The Hall–Kier alpha value is -1.35. The lowest BCUT2D eigenvalue weighted by molar-refractivity contribution is 0.0599. The first-order valence-corrected chi connectivity index (χ1v) is 3.57. The average Bonchev–Trinajstić information content (AvgIpc) is 2.16. The van der Waals surface area contributed by atoms with E-state index < -0.39 is 0 Å². The number of carbonyl (C=O) groups excluding carboxylic acids is 1. The molecule has 0 aliphatic heterocycles. The van der Waals surface area contributed by atoms with E-state index in [4.69, 9.17) is 5.73 Å². The summed E-state index contributed by atoms with van der Waals surface area (Å²) in [6.45, 7) is 0.332. The van der Waals surface area contributed by atoms with Gasteiger partial charge in [0.25, 0.3) is 0 Å². The number of methoxy groups -OCH3 is 1. The molecule has 0 aromatic heterocycles. The largest absolute Gasteiger partial charge is 0.465 e. The molecule has 3 nitrogen and oxygen atoms in total. The normalized spacial score (nSPS) is 9.50. The molecule has 0 bridgehead atoms. The molecule has 0 saturated heterocycles. The first-order valence-electron chi connectivity index (χ1n) is 3.57. The summed E-state index contributed by atoms with van der Waals surface area (Å²) < 4.78 is 4.56. The van der Waals surface area contributed by atoms with Gasteiger partial charge in [0.15, 0.2) is 0 Å². The lowest BCUT2D eigenvalue weighted by Crippen LogP contribution is -2.08. The second-order valence-corrected chi connectivity index (χ2v) is 2.28. The predicted molar refractivity (Wildman–Crippen MR) is 44.5 cm³/mol. The molecule has 1 aromatic carbocycles. The Labute approximate surface area is 71.1 Å². The van der Waals surface area contributed by atoms with Crippen LogP contribution in [0.25, 0.3) is 0 Å². The third-order valence-electron chi connectivity index (χ3n) is 1.58. The van der Waals surface area contributed by atoms with Crippen molar-refractivity contribution in [3.8, 4) is 0 Å². The quantitative estimate of drug-likeness (QED) is 0.655. The van der Waals surface area contributed by atoms with Gasteiger partial charge in [0.2, 0.25) is 0 Å². The van der Waals surface area contributed by atoms with Gasteiger partial charge >= 0.3 is 5.97 Å².